The third kappa shape index (κ3) is 2.29. The van der Waals surface area contributed by atoms with Crippen LogP contribution < -0.4 is 15.2 Å². The lowest BCUT2D eigenvalue weighted by Gasteiger charge is -2.21. The number of benzene rings is 1. The highest BCUT2D eigenvalue weighted by molar-refractivity contribution is 9.10. The van der Waals surface area contributed by atoms with E-state index in [0.717, 1.165) is 33.8 Å². The molecule has 20 heavy (non-hydrogen) atoms. The molecule has 0 bridgehead atoms. The van der Waals surface area contributed by atoms with E-state index in [1.807, 2.05) is 29.8 Å². The first-order valence-corrected chi connectivity index (χ1v) is 7.36. The van der Waals surface area contributed by atoms with Crippen molar-refractivity contribution in [3.63, 3.8) is 0 Å². The number of fused-ring (bicyclic) bond motifs is 1. The van der Waals surface area contributed by atoms with Crippen LogP contribution in [-0.4, -0.2) is 23.0 Å². The molecule has 1 unspecified atom stereocenters. The lowest BCUT2D eigenvalue weighted by atomic mass is 10.0. The van der Waals surface area contributed by atoms with E-state index < -0.39 is 0 Å². The van der Waals surface area contributed by atoms with Gasteiger partial charge in [-0.3, -0.25) is 4.68 Å². The van der Waals surface area contributed by atoms with Crippen molar-refractivity contribution in [3.05, 3.63) is 40.1 Å². The van der Waals surface area contributed by atoms with Crippen LogP contribution in [0.4, 0.5) is 0 Å². The first-order chi connectivity index (χ1) is 9.70. The molecule has 0 aliphatic carbocycles. The maximum absolute atomic E-state index is 6.38. The maximum atomic E-state index is 6.38. The fourth-order valence-corrected chi connectivity index (χ4v) is 2.89. The zero-order valence-corrected chi connectivity index (χ0v) is 12.8. The molecule has 0 fully saturated rings. The van der Waals surface area contributed by atoms with Gasteiger partial charge in [0.1, 0.15) is 13.2 Å². The average molecular weight is 338 g/mol. The van der Waals surface area contributed by atoms with Crippen molar-refractivity contribution in [2.45, 2.75) is 19.5 Å². The Kier molecular flexibility index (Phi) is 3.67. The molecular formula is C14H16BrN3O2. The summed E-state index contributed by atoms with van der Waals surface area (Å²) in [5.41, 5.74) is 8.32. The van der Waals surface area contributed by atoms with E-state index in [1.54, 1.807) is 6.20 Å². The monoisotopic (exact) mass is 337 g/mol. The normalized spacial score (nSPS) is 15.2. The van der Waals surface area contributed by atoms with Crippen molar-refractivity contribution in [1.29, 1.82) is 0 Å². The molecule has 1 aliphatic rings. The zero-order chi connectivity index (χ0) is 14.1. The third-order valence-electron chi connectivity index (χ3n) is 3.35. The van der Waals surface area contributed by atoms with Gasteiger partial charge in [0.15, 0.2) is 11.5 Å². The van der Waals surface area contributed by atoms with Crippen molar-refractivity contribution >= 4 is 15.9 Å². The molecule has 0 amide bonds. The van der Waals surface area contributed by atoms with Crippen LogP contribution in [0.3, 0.4) is 0 Å². The van der Waals surface area contributed by atoms with Crippen LogP contribution in [-0.2, 0) is 6.54 Å². The average Bonchev–Trinajstić information content (AvgIpc) is 2.87. The topological polar surface area (TPSA) is 62.3 Å². The quantitative estimate of drug-likeness (QED) is 0.934. The molecule has 1 aromatic heterocycles. The summed E-state index contributed by atoms with van der Waals surface area (Å²) in [5, 5.41) is 4.30. The Labute approximate surface area is 125 Å². The molecule has 6 heteroatoms. The molecule has 0 spiro atoms. The van der Waals surface area contributed by atoms with Gasteiger partial charge in [0.2, 0.25) is 0 Å². The molecule has 0 saturated heterocycles. The summed E-state index contributed by atoms with van der Waals surface area (Å²) in [6, 6.07) is 5.56. The van der Waals surface area contributed by atoms with Crippen molar-refractivity contribution in [3.8, 4) is 11.5 Å². The Hall–Kier alpha value is -1.53. The maximum Gasteiger partial charge on any atom is 0.161 e. The summed E-state index contributed by atoms with van der Waals surface area (Å²) in [5.74, 6) is 1.53. The Bertz CT molecular complexity index is 627. The standard InChI is InChI=1S/C14H16BrN3O2/c1-2-18-14(10(15)8-17-18)13(16)9-3-4-11-12(7-9)20-6-5-19-11/h3-4,7-8,13H,2,5-6,16H2,1H3. The highest BCUT2D eigenvalue weighted by atomic mass is 79.9. The van der Waals surface area contributed by atoms with Crippen LogP contribution in [0, 0.1) is 0 Å². The predicted octanol–water partition coefficient (Wildman–Crippen LogP) is 2.48. The van der Waals surface area contributed by atoms with Crippen LogP contribution in [0.25, 0.3) is 0 Å². The van der Waals surface area contributed by atoms with Gasteiger partial charge >= 0.3 is 0 Å². The number of nitrogens with zero attached hydrogens (tertiary/aromatic N) is 2. The summed E-state index contributed by atoms with van der Waals surface area (Å²) in [4.78, 5) is 0. The van der Waals surface area contributed by atoms with Crippen LogP contribution in [0.5, 0.6) is 11.5 Å². The highest BCUT2D eigenvalue weighted by Crippen LogP contribution is 2.35. The van der Waals surface area contributed by atoms with Gasteiger partial charge in [-0.1, -0.05) is 6.07 Å². The molecule has 0 radical (unpaired) electrons. The van der Waals surface area contributed by atoms with E-state index in [0.29, 0.717) is 13.2 Å². The van der Waals surface area contributed by atoms with Gasteiger partial charge in [0, 0.05) is 6.54 Å². The third-order valence-corrected chi connectivity index (χ3v) is 3.96. The van der Waals surface area contributed by atoms with Gasteiger partial charge in [-0.25, -0.2) is 0 Å². The SMILES string of the molecule is CCn1ncc(Br)c1C(N)c1ccc2c(c1)OCCO2. The van der Waals surface area contributed by atoms with Crippen LogP contribution in [0.15, 0.2) is 28.9 Å². The van der Waals surface area contributed by atoms with Gasteiger partial charge in [-0.05, 0) is 40.5 Å². The van der Waals surface area contributed by atoms with Gasteiger partial charge in [0.05, 0.1) is 22.4 Å². The summed E-state index contributed by atoms with van der Waals surface area (Å²) >= 11 is 3.51. The van der Waals surface area contributed by atoms with Crippen LogP contribution >= 0.6 is 15.9 Å². The first kappa shape index (κ1) is 13.5. The summed E-state index contributed by atoms with van der Waals surface area (Å²) in [6.07, 6.45) is 1.77. The molecule has 2 heterocycles. The second kappa shape index (κ2) is 5.46. The largest absolute Gasteiger partial charge is 0.486 e. The Morgan fingerprint density at radius 1 is 1.35 bits per heavy atom. The molecule has 1 aliphatic heterocycles. The van der Waals surface area contributed by atoms with Crippen molar-refractivity contribution in [2.24, 2.45) is 5.73 Å². The Balaban J connectivity index is 1.97. The fourth-order valence-electron chi connectivity index (χ4n) is 2.34. The summed E-state index contributed by atoms with van der Waals surface area (Å²) < 4.78 is 13.9. The van der Waals surface area contributed by atoms with Crippen LogP contribution in [0.2, 0.25) is 0 Å². The molecule has 5 nitrogen and oxygen atoms in total. The number of halogens is 1. The Morgan fingerprint density at radius 3 is 2.85 bits per heavy atom. The molecular weight excluding hydrogens is 322 g/mol. The summed E-state index contributed by atoms with van der Waals surface area (Å²) in [6.45, 7) is 3.98. The van der Waals surface area contributed by atoms with E-state index in [2.05, 4.69) is 21.0 Å². The number of rotatable bonds is 3. The van der Waals surface area contributed by atoms with Crippen molar-refractivity contribution in [1.82, 2.24) is 9.78 Å². The molecule has 3 rings (SSSR count). The Morgan fingerprint density at radius 2 is 2.10 bits per heavy atom. The molecule has 0 saturated carbocycles. The molecule has 1 atom stereocenters. The van der Waals surface area contributed by atoms with Gasteiger partial charge < -0.3 is 15.2 Å². The van der Waals surface area contributed by atoms with E-state index in [-0.39, 0.29) is 6.04 Å². The number of hydrogen-bond acceptors (Lipinski definition) is 4. The van der Waals surface area contributed by atoms with E-state index in [1.165, 1.54) is 0 Å². The minimum absolute atomic E-state index is 0.261. The van der Waals surface area contributed by atoms with Crippen molar-refractivity contribution in [2.75, 3.05) is 13.2 Å². The predicted molar refractivity (Wildman–Crippen MR) is 79.1 cm³/mol. The lowest BCUT2D eigenvalue weighted by molar-refractivity contribution is 0.171. The second-order valence-electron chi connectivity index (χ2n) is 4.57. The summed E-state index contributed by atoms with van der Waals surface area (Å²) in [7, 11) is 0. The number of ether oxygens (including phenoxy) is 2. The molecule has 2 N–H and O–H groups in total. The number of hydrogen-bond donors (Lipinski definition) is 1. The van der Waals surface area contributed by atoms with E-state index in [4.69, 9.17) is 15.2 Å². The fraction of sp³-hybridized carbons (Fsp3) is 0.357. The number of aryl methyl sites for hydroxylation is 1. The number of aromatic nitrogens is 2. The lowest BCUT2D eigenvalue weighted by Crippen LogP contribution is -2.19. The van der Waals surface area contributed by atoms with E-state index in [9.17, 15) is 0 Å². The van der Waals surface area contributed by atoms with Crippen molar-refractivity contribution < 1.29 is 9.47 Å². The molecule has 1 aromatic carbocycles. The zero-order valence-electron chi connectivity index (χ0n) is 11.2. The second-order valence-corrected chi connectivity index (χ2v) is 5.43. The van der Waals surface area contributed by atoms with Crippen LogP contribution in [0.1, 0.15) is 24.2 Å². The molecule has 106 valence electrons. The minimum atomic E-state index is -0.261. The minimum Gasteiger partial charge on any atom is -0.486 e. The first-order valence-electron chi connectivity index (χ1n) is 6.57. The highest BCUT2D eigenvalue weighted by Gasteiger charge is 2.20. The number of nitrogens with two attached hydrogens (primary N) is 1. The van der Waals surface area contributed by atoms with Gasteiger partial charge in [-0.2, -0.15) is 5.10 Å². The van der Waals surface area contributed by atoms with Gasteiger partial charge in [0.25, 0.3) is 0 Å². The molecule has 2 aromatic rings. The van der Waals surface area contributed by atoms with Gasteiger partial charge in [-0.15, -0.1) is 0 Å². The van der Waals surface area contributed by atoms with E-state index >= 15 is 0 Å². The smallest absolute Gasteiger partial charge is 0.161 e.